The van der Waals surface area contributed by atoms with Gasteiger partial charge in [0, 0.05) is 11.0 Å². The molecule has 1 saturated carbocycles. The molecule has 2 fully saturated rings. The largest absolute Gasteiger partial charge is 0.462 e. The average Bonchev–Trinajstić information content (AvgIpc) is 3.56. The average molecular weight is 491 g/mol. The van der Waals surface area contributed by atoms with Gasteiger partial charge in [0.1, 0.15) is 5.00 Å². The summed E-state index contributed by atoms with van der Waals surface area (Å²) in [5.41, 5.74) is 2.36. The number of imide groups is 1. The van der Waals surface area contributed by atoms with Crippen molar-refractivity contribution in [2.45, 2.75) is 27.2 Å². The normalized spacial score (nSPS) is 24.5. The Labute approximate surface area is 207 Å². The molecule has 2 heterocycles. The molecule has 3 amide bonds. The third kappa shape index (κ3) is 3.91. The lowest BCUT2D eigenvalue weighted by Crippen LogP contribution is -2.32. The highest BCUT2D eigenvalue weighted by atomic mass is 32.1. The third-order valence-electron chi connectivity index (χ3n) is 7.13. The topological polar surface area (TPSA) is 92.8 Å². The molecule has 0 spiro atoms. The highest BCUT2D eigenvalue weighted by Gasteiger charge is 2.59. The zero-order valence-electron chi connectivity index (χ0n) is 19.7. The quantitative estimate of drug-likeness (QED) is 0.278. The van der Waals surface area contributed by atoms with Gasteiger partial charge in [-0.1, -0.05) is 24.3 Å². The predicted molar refractivity (Wildman–Crippen MR) is 134 cm³/mol. The number of aryl methyl sites for hydroxylation is 1. The number of hydrogen-bond donors (Lipinski definition) is 1. The van der Waals surface area contributed by atoms with Crippen molar-refractivity contribution in [2.24, 2.45) is 23.7 Å². The van der Waals surface area contributed by atoms with E-state index in [0.29, 0.717) is 21.8 Å². The minimum atomic E-state index is -0.463. The van der Waals surface area contributed by atoms with Gasteiger partial charge in [-0.15, -0.1) is 11.3 Å². The van der Waals surface area contributed by atoms with Crippen molar-refractivity contribution in [2.75, 3.05) is 16.8 Å². The van der Waals surface area contributed by atoms with Crippen LogP contribution in [-0.4, -0.2) is 30.3 Å². The number of allylic oxidation sites excluding steroid dienone is 2. The number of anilines is 2. The first-order valence-corrected chi connectivity index (χ1v) is 12.5. The molecule has 35 heavy (non-hydrogen) atoms. The molecule has 7 nitrogen and oxygen atoms in total. The van der Waals surface area contributed by atoms with Crippen LogP contribution in [0.2, 0.25) is 0 Å². The van der Waals surface area contributed by atoms with Gasteiger partial charge >= 0.3 is 5.97 Å². The summed E-state index contributed by atoms with van der Waals surface area (Å²) in [6.45, 7) is 5.69. The molecule has 5 rings (SSSR count). The van der Waals surface area contributed by atoms with Crippen LogP contribution in [0, 0.1) is 37.5 Å². The van der Waals surface area contributed by atoms with Crippen molar-refractivity contribution in [3.63, 3.8) is 0 Å². The van der Waals surface area contributed by atoms with Gasteiger partial charge in [-0.05, 0) is 68.4 Å². The lowest BCUT2D eigenvalue weighted by Gasteiger charge is -2.17. The van der Waals surface area contributed by atoms with Crippen LogP contribution in [-0.2, 0) is 19.1 Å². The lowest BCUT2D eigenvalue weighted by molar-refractivity contribution is -0.123. The van der Waals surface area contributed by atoms with E-state index in [0.717, 1.165) is 16.9 Å². The number of fused-ring (bicyclic) bond motifs is 5. The van der Waals surface area contributed by atoms with Crippen LogP contribution in [0.25, 0.3) is 6.08 Å². The molecule has 2 bridgehead atoms. The lowest BCUT2D eigenvalue weighted by atomic mass is 9.85. The Morgan fingerprint density at radius 1 is 1.14 bits per heavy atom. The Hall–Kier alpha value is -3.52. The fraction of sp³-hybridized carbons (Fsp3) is 0.333. The summed E-state index contributed by atoms with van der Waals surface area (Å²) in [5.74, 6) is -1.33. The number of amides is 3. The zero-order chi connectivity index (χ0) is 24.9. The summed E-state index contributed by atoms with van der Waals surface area (Å²) in [6.07, 6.45) is 8.02. The van der Waals surface area contributed by atoms with E-state index in [9.17, 15) is 19.2 Å². The van der Waals surface area contributed by atoms with E-state index in [-0.39, 0.29) is 42.1 Å². The van der Waals surface area contributed by atoms with Crippen molar-refractivity contribution in [1.29, 1.82) is 0 Å². The van der Waals surface area contributed by atoms with Crippen molar-refractivity contribution in [3.05, 3.63) is 64.1 Å². The predicted octanol–water partition coefficient (Wildman–Crippen LogP) is 4.51. The monoisotopic (exact) mass is 490 g/mol. The maximum Gasteiger partial charge on any atom is 0.341 e. The summed E-state index contributed by atoms with van der Waals surface area (Å²) < 4.78 is 5.13. The maximum atomic E-state index is 13.1. The van der Waals surface area contributed by atoms with E-state index < -0.39 is 11.9 Å². The number of nitrogens with one attached hydrogen (secondary N) is 1. The van der Waals surface area contributed by atoms with E-state index >= 15 is 0 Å². The molecule has 4 atom stereocenters. The number of carbonyl (C=O) groups excluding carboxylic acids is 4. The maximum absolute atomic E-state index is 13.1. The van der Waals surface area contributed by atoms with Crippen LogP contribution < -0.4 is 10.2 Å². The van der Waals surface area contributed by atoms with Gasteiger partial charge in [0.15, 0.2) is 0 Å². The molecule has 1 aliphatic heterocycles. The number of carbonyl (C=O) groups is 4. The number of ether oxygens (including phenoxy) is 1. The number of hydrogen-bond acceptors (Lipinski definition) is 6. The van der Waals surface area contributed by atoms with Gasteiger partial charge in [-0.3, -0.25) is 14.4 Å². The number of benzene rings is 1. The van der Waals surface area contributed by atoms with E-state index in [2.05, 4.69) is 17.5 Å². The van der Waals surface area contributed by atoms with Gasteiger partial charge in [-0.2, -0.15) is 0 Å². The summed E-state index contributed by atoms with van der Waals surface area (Å²) in [4.78, 5) is 53.4. The highest BCUT2D eigenvalue weighted by molar-refractivity contribution is 7.16. The molecule has 2 aromatic rings. The Bertz CT molecular complexity index is 1280. The fourth-order valence-electron chi connectivity index (χ4n) is 5.41. The van der Waals surface area contributed by atoms with Crippen LogP contribution >= 0.6 is 11.3 Å². The smallest absolute Gasteiger partial charge is 0.341 e. The molecule has 8 heteroatoms. The molecular weight excluding hydrogens is 464 g/mol. The SMILES string of the molecule is CCOC(=O)c1c(NC(=O)/C=C/c2cccc(N3C(=O)[C@H]4[C@H](C3=O)[C@H]3C=C[C@H]4C3)c2)sc(C)c1C. The van der Waals surface area contributed by atoms with Gasteiger partial charge < -0.3 is 10.1 Å². The number of thiophene rings is 1. The van der Waals surface area contributed by atoms with Crippen LogP contribution in [0.4, 0.5) is 10.7 Å². The first-order chi connectivity index (χ1) is 16.8. The Morgan fingerprint density at radius 3 is 2.49 bits per heavy atom. The number of rotatable bonds is 6. The number of nitrogens with zero attached hydrogens (tertiary/aromatic N) is 1. The van der Waals surface area contributed by atoms with E-state index in [1.165, 1.54) is 22.3 Å². The standard InChI is InChI=1S/C27H26N2O5S/c1-4-34-27(33)21-14(2)15(3)35-24(21)28-20(30)11-8-16-6-5-7-19(12-16)29-25(31)22-17-9-10-18(13-17)23(22)26(29)32/h5-12,17-18,22-23H,4,13H2,1-3H3,(H,28,30)/b11-8+/t17-,18-,22+,23+/m0/s1. The van der Waals surface area contributed by atoms with Crippen LogP contribution in [0.3, 0.4) is 0 Å². The van der Waals surface area contributed by atoms with E-state index in [4.69, 9.17) is 4.74 Å². The highest BCUT2D eigenvalue weighted by Crippen LogP contribution is 2.53. The molecule has 2 aliphatic carbocycles. The molecule has 1 aromatic heterocycles. The molecular formula is C27H26N2O5S. The second-order valence-corrected chi connectivity index (χ2v) is 10.4. The Morgan fingerprint density at radius 2 is 1.83 bits per heavy atom. The second-order valence-electron chi connectivity index (χ2n) is 9.14. The minimum absolute atomic E-state index is 0.134. The fourth-order valence-corrected chi connectivity index (χ4v) is 6.47. The van der Waals surface area contributed by atoms with Crippen molar-refractivity contribution >= 4 is 51.8 Å². The first-order valence-electron chi connectivity index (χ1n) is 11.7. The Balaban J connectivity index is 1.32. The molecule has 0 radical (unpaired) electrons. The van der Waals surface area contributed by atoms with Crippen molar-refractivity contribution < 1.29 is 23.9 Å². The van der Waals surface area contributed by atoms with Gasteiger partial charge in [0.05, 0.1) is 29.7 Å². The zero-order valence-corrected chi connectivity index (χ0v) is 20.6. The third-order valence-corrected chi connectivity index (χ3v) is 8.25. The molecule has 1 saturated heterocycles. The van der Waals surface area contributed by atoms with Crippen LogP contribution in [0.15, 0.2) is 42.5 Å². The van der Waals surface area contributed by atoms with Crippen LogP contribution in [0.1, 0.15) is 39.7 Å². The Kier molecular flexibility index (Phi) is 5.92. The van der Waals surface area contributed by atoms with Gasteiger partial charge in [-0.25, -0.2) is 9.69 Å². The van der Waals surface area contributed by atoms with Crippen molar-refractivity contribution in [1.82, 2.24) is 0 Å². The van der Waals surface area contributed by atoms with Gasteiger partial charge in [0.25, 0.3) is 0 Å². The number of esters is 1. The van der Waals surface area contributed by atoms with E-state index in [1.54, 1.807) is 37.3 Å². The molecule has 3 aliphatic rings. The second kappa shape index (κ2) is 8.92. The summed E-state index contributed by atoms with van der Waals surface area (Å²) in [6, 6.07) is 7.04. The first kappa shape index (κ1) is 23.2. The van der Waals surface area contributed by atoms with E-state index in [1.807, 2.05) is 13.8 Å². The van der Waals surface area contributed by atoms with Crippen molar-refractivity contribution in [3.8, 4) is 0 Å². The molecule has 180 valence electrons. The van der Waals surface area contributed by atoms with Gasteiger partial charge in [0.2, 0.25) is 17.7 Å². The minimum Gasteiger partial charge on any atom is -0.462 e. The molecule has 1 N–H and O–H groups in total. The summed E-state index contributed by atoms with van der Waals surface area (Å²) in [7, 11) is 0. The summed E-state index contributed by atoms with van der Waals surface area (Å²) >= 11 is 1.32. The molecule has 0 unspecified atom stereocenters. The molecule has 1 aromatic carbocycles. The van der Waals surface area contributed by atoms with Crippen LogP contribution in [0.5, 0.6) is 0 Å². The summed E-state index contributed by atoms with van der Waals surface area (Å²) in [5, 5.41) is 3.22.